The summed E-state index contributed by atoms with van der Waals surface area (Å²) in [6.07, 6.45) is 4.58. The van der Waals surface area contributed by atoms with Crippen molar-refractivity contribution >= 4 is 51.9 Å². The standard InChI is InChI=1S/C27H20ClN3OS2/c28-22-13-11-20(12-14-22)25-21(18-31(29-25)23-9-5-2-6-10-23)17-24-26(32)30(27(33)34-24)16-15-19-7-3-1-4-8-19/h1-14,17-18H,15-16H2/b24-17-. The predicted molar refractivity (Wildman–Crippen MR) is 144 cm³/mol. The fourth-order valence-electron chi connectivity index (χ4n) is 3.76. The molecule has 0 saturated carbocycles. The van der Waals surface area contributed by atoms with Gasteiger partial charge in [0.05, 0.1) is 16.3 Å². The molecule has 4 nitrogen and oxygen atoms in total. The van der Waals surface area contributed by atoms with E-state index in [1.807, 2.05) is 89.8 Å². The number of amides is 1. The van der Waals surface area contributed by atoms with Crippen molar-refractivity contribution < 1.29 is 4.79 Å². The third kappa shape index (κ3) is 4.85. The molecule has 0 bridgehead atoms. The lowest BCUT2D eigenvalue weighted by molar-refractivity contribution is -0.122. The van der Waals surface area contributed by atoms with Crippen molar-refractivity contribution in [1.29, 1.82) is 0 Å². The van der Waals surface area contributed by atoms with Gasteiger partial charge in [0.1, 0.15) is 4.32 Å². The van der Waals surface area contributed by atoms with Crippen molar-refractivity contribution in [3.63, 3.8) is 0 Å². The van der Waals surface area contributed by atoms with E-state index in [9.17, 15) is 4.79 Å². The van der Waals surface area contributed by atoms with E-state index < -0.39 is 0 Å². The van der Waals surface area contributed by atoms with Gasteiger partial charge in [-0.25, -0.2) is 4.68 Å². The molecule has 1 aliphatic heterocycles. The molecule has 0 unspecified atom stereocenters. The van der Waals surface area contributed by atoms with Crippen molar-refractivity contribution in [2.45, 2.75) is 6.42 Å². The summed E-state index contributed by atoms with van der Waals surface area (Å²) in [6.45, 7) is 0.555. The van der Waals surface area contributed by atoms with Crippen LogP contribution >= 0.6 is 35.6 Å². The molecule has 2 heterocycles. The summed E-state index contributed by atoms with van der Waals surface area (Å²) in [7, 11) is 0. The number of hydrogen-bond acceptors (Lipinski definition) is 4. The second-order valence-corrected chi connectivity index (χ2v) is 9.90. The van der Waals surface area contributed by atoms with Crippen LogP contribution in [0.5, 0.6) is 0 Å². The molecule has 0 spiro atoms. The summed E-state index contributed by atoms with van der Waals surface area (Å²) < 4.78 is 2.40. The molecule has 1 saturated heterocycles. The van der Waals surface area contributed by atoms with Crippen molar-refractivity contribution in [3.8, 4) is 16.9 Å². The van der Waals surface area contributed by atoms with Crippen LogP contribution in [0.4, 0.5) is 0 Å². The monoisotopic (exact) mass is 501 g/mol. The Bertz CT molecular complexity index is 1370. The third-order valence-electron chi connectivity index (χ3n) is 5.51. The molecule has 168 valence electrons. The van der Waals surface area contributed by atoms with Crippen LogP contribution in [0.2, 0.25) is 5.02 Å². The molecule has 0 N–H and O–H groups in total. The van der Waals surface area contributed by atoms with Crippen LogP contribution in [0.1, 0.15) is 11.1 Å². The van der Waals surface area contributed by atoms with E-state index >= 15 is 0 Å². The largest absolute Gasteiger partial charge is 0.293 e. The number of benzene rings is 3. The maximum absolute atomic E-state index is 13.2. The number of carbonyl (C=O) groups is 1. The van der Waals surface area contributed by atoms with Gasteiger partial charge in [-0.15, -0.1) is 0 Å². The zero-order valence-electron chi connectivity index (χ0n) is 18.1. The summed E-state index contributed by atoms with van der Waals surface area (Å²) in [6, 6.07) is 27.5. The highest BCUT2D eigenvalue weighted by atomic mass is 35.5. The van der Waals surface area contributed by atoms with Gasteiger partial charge in [-0.2, -0.15) is 5.10 Å². The number of nitrogens with zero attached hydrogens (tertiary/aromatic N) is 3. The van der Waals surface area contributed by atoms with E-state index in [1.165, 1.54) is 17.3 Å². The van der Waals surface area contributed by atoms with Crippen LogP contribution in [-0.4, -0.2) is 31.5 Å². The average Bonchev–Trinajstić information content (AvgIpc) is 3.40. The second kappa shape index (κ2) is 9.97. The van der Waals surface area contributed by atoms with Gasteiger partial charge < -0.3 is 0 Å². The maximum atomic E-state index is 13.2. The number of aromatic nitrogens is 2. The topological polar surface area (TPSA) is 38.1 Å². The Balaban J connectivity index is 1.47. The number of hydrogen-bond donors (Lipinski definition) is 0. The highest BCUT2D eigenvalue weighted by molar-refractivity contribution is 8.26. The Kier molecular flexibility index (Phi) is 6.63. The van der Waals surface area contributed by atoms with Crippen LogP contribution in [0.25, 0.3) is 23.0 Å². The molecule has 34 heavy (non-hydrogen) atoms. The van der Waals surface area contributed by atoms with E-state index in [4.69, 9.17) is 28.9 Å². The molecule has 1 amide bonds. The number of carbonyl (C=O) groups excluding carboxylic acids is 1. The number of para-hydroxylation sites is 1. The van der Waals surface area contributed by atoms with Crippen molar-refractivity contribution in [1.82, 2.24) is 14.7 Å². The SMILES string of the molecule is O=C1/C(=C/c2cn(-c3ccccc3)nc2-c2ccc(Cl)cc2)SC(=S)N1CCc1ccccc1. The van der Waals surface area contributed by atoms with Crippen LogP contribution in [-0.2, 0) is 11.2 Å². The van der Waals surface area contributed by atoms with Gasteiger partial charge in [-0.3, -0.25) is 9.69 Å². The molecule has 1 aromatic heterocycles. The molecule has 1 aliphatic rings. The van der Waals surface area contributed by atoms with E-state index in [1.54, 1.807) is 4.90 Å². The number of halogens is 1. The van der Waals surface area contributed by atoms with E-state index in [2.05, 4.69) is 12.1 Å². The lowest BCUT2D eigenvalue weighted by atomic mass is 10.1. The van der Waals surface area contributed by atoms with Crippen LogP contribution in [0, 0.1) is 0 Å². The van der Waals surface area contributed by atoms with Gasteiger partial charge in [0.2, 0.25) is 0 Å². The lowest BCUT2D eigenvalue weighted by Crippen LogP contribution is -2.30. The summed E-state index contributed by atoms with van der Waals surface area (Å²) in [4.78, 5) is 15.5. The molecule has 0 atom stereocenters. The highest BCUT2D eigenvalue weighted by Gasteiger charge is 2.32. The van der Waals surface area contributed by atoms with Gasteiger partial charge in [-0.1, -0.05) is 96.2 Å². The Morgan fingerprint density at radius 1 is 0.941 bits per heavy atom. The fourth-order valence-corrected chi connectivity index (χ4v) is 5.18. The Hall–Kier alpha value is -3.19. The molecule has 0 radical (unpaired) electrons. The fraction of sp³-hybridized carbons (Fsp3) is 0.0741. The Morgan fingerprint density at radius 3 is 2.32 bits per heavy atom. The quantitative estimate of drug-likeness (QED) is 0.219. The number of thiocarbonyl (C=S) groups is 1. The number of rotatable bonds is 6. The lowest BCUT2D eigenvalue weighted by Gasteiger charge is -2.14. The average molecular weight is 502 g/mol. The van der Waals surface area contributed by atoms with Crippen LogP contribution < -0.4 is 0 Å². The number of thioether (sulfide) groups is 1. The van der Waals surface area contributed by atoms with Gasteiger partial charge in [0.25, 0.3) is 5.91 Å². The first-order valence-electron chi connectivity index (χ1n) is 10.8. The molecule has 5 rings (SSSR count). The molecular weight excluding hydrogens is 482 g/mol. The second-order valence-electron chi connectivity index (χ2n) is 7.79. The van der Waals surface area contributed by atoms with Crippen LogP contribution in [0.15, 0.2) is 96.0 Å². The third-order valence-corrected chi connectivity index (χ3v) is 7.14. The summed E-state index contributed by atoms with van der Waals surface area (Å²) >= 11 is 13.0. The summed E-state index contributed by atoms with van der Waals surface area (Å²) in [5.74, 6) is -0.0690. The smallest absolute Gasteiger partial charge is 0.266 e. The minimum atomic E-state index is -0.0690. The van der Waals surface area contributed by atoms with E-state index in [0.717, 1.165) is 28.9 Å². The first-order valence-corrected chi connectivity index (χ1v) is 12.4. The minimum Gasteiger partial charge on any atom is -0.293 e. The first-order chi connectivity index (χ1) is 16.6. The predicted octanol–water partition coefficient (Wildman–Crippen LogP) is 6.64. The van der Waals surface area contributed by atoms with Gasteiger partial charge >= 0.3 is 0 Å². The highest BCUT2D eigenvalue weighted by Crippen LogP contribution is 2.35. The van der Waals surface area contributed by atoms with E-state index in [-0.39, 0.29) is 5.91 Å². The van der Waals surface area contributed by atoms with Gasteiger partial charge in [0.15, 0.2) is 0 Å². The molecule has 4 aromatic rings. The minimum absolute atomic E-state index is 0.0690. The zero-order chi connectivity index (χ0) is 23.5. The summed E-state index contributed by atoms with van der Waals surface area (Å²) in [5, 5.41) is 5.48. The maximum Gasteiger partial charge on any atom is 0.266 e. The van der Waals surface area contributed by atoms with Crippen molar-refractivity contribution in [2.75, 3.05) is 6.54 Å². The normalized spacial score (nSPS) is 14.9. The van der Waals surface area contributed by atoms with Crippen molar-refractivity contribution in [3.05, 3.63) is 112 Å². The Labute approximate surface area is 212 Å². The summed E-state index contributed by atoms with van der Waals surface area (Å²) in [5.41, 5.74) is 4.65. The zero-order valence-corrected chi connectivity index (χ0v) is 20.5. The van der Waals surface area contributed by atoms with Crippen molar-refractivity contribution in [2.24, 2.45) is 0 Å². The molecule has 3 aromatic carbocycles. The Morgan fingerprint density at radius 2 is 1.62 bits per heavy atom. The van der Waals surface area contributed by atoms with Crippen LogP contribution in [0.3, 0.4) is 0 Å². The molecule has 7 heteroatoms. The first kappa shape index (κ1) is 22.6. The van der Waals surface area contributed by atoms with E-state index in [0.29, 0.717) is 20.8 Å². The molecular formula is C27H20ClN3OS2. The van der Waals surface area contributed by atoms with Gasteiger partial charge in [0, 0.05) is 28.9 Å². The van der Waals surface area contributed by atoms with Gasteiger partial charge in [-0.05, 0) is 42.3 Å². The molecule has 0 aliphatic carbocycles. The molecule has 1 fully saturated rings.